The minimum absolute atomic E-state index is 0.0981. The summed E-state index contributed by atoms with van der Waals surface area (Å²) in [4.78, 5) is 10.4. The number of phenols is 2. The van der Waals surface area contributed by atoms with E-state index in [1.807, 2.05) is 36.4 Å². The van der Waals surface area contributed by atoms with Crippen molar-refractivity contribution < 1.29 is 33.1 Å². The zero-order chi connectivity index (χ0) is 25.0. The molecule has 34 heavy (non-hydrogen) atoms. The maximum Gasteiger partial charge on any atom is 0.339 e. The molecule has 11 heteroatoms. The van der Waals surface area contributed by atoms with Crippen LogP contribution in [-0.2, 0) is 10.1 Å². The van der Waals surface area contributed by atoms with Crippen LogP contribution in [0.2, 0.25) is 5.02 Å². The van der Waals surface area contributed by atoms with Crippen LogP contribution in [-0.4, -0.2) is 34.3 Å². The van der Waals surface area contributed by atoms with Crippen molar-refractivity contribution in [1.29, 1.82) is 0 Å². The van der Waals surface area contributed by atoms with E-state index in [0.717, 1.165) is 17.1 Å². The molecule has 0 aliphatic carbocycles. The number of aromatic carboxylic acids is 1. The Morgan fingerprint density at radius 3 is 2.12 bits per heavy atom. The van der Waals surface area contributed by atoms with Crippen molar-refractivity contribution in [2.24, 2.45) is 0 Å². The van der Waals surface area contributed by atoms with E-state index < -0.39 is 38.2 Å². The Labute approximate surface area is 199 Å². The van der Waals surface area contributed by atoms with E-state index >= 15 is 0 Å². The summed E-state index contributed by atoms with van der Waals surface area (Å²) in [5, 5.41) is 30.7. The number of nitrogens with two attached hydrogens (primary N) is 1. The van der Waals surface area contributed by atoms with Crippen LogP contribution in [0.4, 0.5) is 17.1 Å². The zero-order valence-corrected chi connectivity index (χ0v) is 18.9. The number of para-hydroxylation sites is 1. The first-order chi connectivity index (χ1) is 16.0. The number of hydrogen-bond donors (Lipinski definition) is 6. The van der Waals surface area contributed by atoms with Gasteiger partial charge in [0, 0.05) is 16.8 Å². The summed E-state index contributed by atoms with van der Waals surface area (Å²) in [6, 6.07) is 20.6. The molecule has 7 N–H and O–H groups in total. The molecule has 4 aromatic carbocycles. The van der Waals surface area contributed by atoms with Crippen molar-refractivity contribution in [3.8, 4) is 11.5 Å². The predicted molar refractivity (Wildman–Crippen MR) is 130 cm³/mol. The molecule has 0 spiro atoms. The third-order valence-electron chi connectivity index (χ3n) is 4.67. The molecule has 0 unspecified atom stereocenters. The smallest absolute Gasteiger partial charge is 0.339 e. The summed E-state index contributed by atoms with van der Waals surface area (Å²) in [7, 11) is -4.28. The lowest BCUT2D eigenvalue weighted by molar-refractivity contribution is 0.0693. The van der Waals surface area contributed by atoms with E-state index in [1.54, 1.807) is 24.3 Å². The number of fused-ring (bicyclic) bond motifs is 1. The fourth-order valence-electron chi connectivity index (χ4n) is 3.12. The van der Waals surface area contributed by atoms with Gasteiger partial charge in [-0.3, -0.25) is 4.55 Å². The Morgan fingerprint density at radius 2 is 1.53 bits per heavy atom. The van der Waals surface area contributed by atoms with Gasteiger partial charge in [-0.25, -0.2) is 4.79 Å². The average molecular weight is 503 g/mol. The maximum absolute atomic E-state index is 11.6. The molecule has 0 heterocycles. The summed E-state index contributed by atoms with van der Waals surface area (Å²) < 4.78 is 32.6. The number of halogens is 1. The molecule has 176 valence electrons. The topological polar surface area (TPSA) is 170 Å². The van der Waals surface area contributed by atoms with Gasteiger partial charge in [0.25, 0.3) is 10.1 Å². The third-order valence-corrected chi connectivity index (χ3v) is 5.93. The number of benzene rings is 4. The molecule has 0 radical (unpaired) electrons. The van der Waals surface area contributed by atoms with Crippen molar-refractivity contribution in [3.05, 3.63) is 83.4 Å². The van der Waals surface area contributed by atoms with Gasteiger partial charge in [-0.2, -0.15) is 8.42 Å². The summed E-state index contributed by atoms with van der Waals surface area (Å²) in [5.74, 6) is -2.59. The van der Waals surface area contributed by atoms with Gasteiger partial charge in [-0.15, -0.1) is 0 Å². The van der Waals surface area contributed by atoms with Gasteiger partial charge in [0.15, 0.2) is 11.5 Å². The zero-order valence-electron chi connectivity index (χ0n) is 17.3. The van der Waals surface area contributed by atoms with Crippen LogP contribution in [0, 0.1) is 0 Å². The lowest BCUT2D eigenvalue weighted by Gasteiger charge is -2.12. The highest BCUT2D eigenvalue weighted by atomic mass is 35.5. The van der Waals surface area contributed by atoms with Gasteiger partial charge >= 0.3 is 5.97 Å². The number of anilines is 3. The fraction of sp³-hybridized carbons (Fsp3) is 0. The summed E-state index contributed by atoms with van der Waals surface area (Å²) in [6.45, 7) is 0. The lowest BCUT2D eigenvalue weighted by atomic mass is 10.1. The van der Waals surface area contributed by atoms with Crippen molar-refractivity contribution in [1.82, 2.24) is 0 Å². The molecular formula is C23H19ClN2O7S. The van der Waals surface area contributed by atoms with Crippen molar-refractivity contribution in [3.63, 3.8) is 0 Å². The maximum atomic E-state index is 11.6. The van der Waals surface area contributed by atoms with Crippen LogP contribution in [0.5, 0.6) is 11.5 Å². The first-order valence-electron chi connectivity index (χ1n) is 9.55. The monoisotopic (exact) mass is 502 g/mol. The van der Waals surface area contributed by atoms with Crippen LogP contribution in [0.25, 0.3) is 10.8 Å². The molecule has 0 aromatic heterocycles. The number of aromatic hydroxyl groups is 2. The molecule has 9 nitrogen and oxygen atoms in total. The highest BCUT2D eigenvalue weighted by Gasteiger charge is 2.18. The van der Waals surface area contributed by atoms with Crippen LogP contribution < -0.4 is 11.1 Å². The Bertz CT molecular complexity index is 1470. The molecular weight excluding hydrogens is 484 g/mol. The standard InChI is InChI=1S/C16H13NO3S.C7H6ClNO4/c18-21(19,20)15-11-5-7-12-6-4-10-14(16(12)15)17-13-8-2-1-3-9-13;8-4-5(10)2(7(12)13)1-3(9)6(4)11/h1-11,17H,(H,18,19,20);1,10-11H,9H2,(H,12,13). The number of carboxylic acid groups (broad SMARTS) is 1. The van der Waals surface area contributed by atoms with E-state index in [-0.39, 0.29) is 10.6 Å². The number of nitrogen functional groups attached to an aromatic ring is 1. The number of phenolic OH excluding ortho intramolecular Hbond substituents is 1. The molecule has 0 aliphatic heterocycles. The third kappa shape index (κ3) is 5.31. The molecule has 0 atom stereocenters. The van der Waals surface area contributed by atoms with Gasteiger partial charge in [0.05, 0.1) is 5.69 Å². The molecule has 0 fully saturated rings. The Hall–Kier alpha value is -3.99. The van der Waals surface area contributed by atoms with Crippen molar-refractivity contribution >= 4 is 55.5 Å². The van der Waals surface area contributed by atoms with Crippen LogP contribution >= 0.6 is 11.6 Å². The molecule has 0 aliphatic rings. The minimum Gasteiger partial charge on any atom is -0.505 e. The van der Waals surface area contributed by atoms with Crippen molar-refractivity contribution in [2.75, 3.05) is 11.1 Å². The van der Waals surface area contributed by atoms with Crippen LogP contribution in [0.1, 0.15) is 10.4 Å². The van der Waals surface area contributed by atoms with Gasteiger partial charge < -0.3 is 26.4 Å². The van der Waals surface area contributed by atoms with E-state index in [2.05, 4.69) is 5.32 Å². The number of nitrogens with one attached hydrogen (secondary N) is 1. The lowest BCUT2D eigenvalue weighted by Crippen LogP contribution is -2.01. The molecule has 0 saturated heterocycles. The first kappa shape index (κ1) is 24.6. The van der Waals surface area contributed by atoms with Gasteiger partial charge in [0.2, 0.25) is 0 Å². The molecule has 4 rings (SSSR count). The fourth-order valence-corrected chi connectivity index (χ4v) is 4.06. The van der Waals surface area contributed by atoms with E-state index in [9.17, 15) is 17.8 Å². The number of carbonyl (C=O) groups is 1. The predicted octanol–water partition coefficient (Wildman–Crippen LogP) is 4.86. The van der Waals surface area contributed by atoms with E-state index in [0.29, 0.717) is 11.1 Å². The number of carboxylic acids is 1. The normalized spacial score (nSPS) is 10.9. The summed E-state index contributed by atoms with van der Waals surface area (Å²) in [6.07, 6.45) is 0. The van der Waals surface area contributed by atoms with Gasteiger partial charge in [-0.05, 0) is 35.7 Å². The quantitative estimate of drug-likeness (QED) is 0.0986. The summed E-state index contributed by atoms with van der Waals surface area (Å²) in [5.41, 5.74) is 6.05. The SMILES string of the molecule is Nc1cc(C(=O)O)c(O)c(Cl)c1O.O=S(=O)(O)c1cccc2cccc(Nc3ccccc3)c12. The van der Waals surface area contributed by atoms with E-state index in [4.69, 9.17) is 32.7 Å². The first-order valence-corrected chi connectivity index (χ1v) is 11.4. The number of hydrogen-bond acceptors (Lipinski definition) is 7. The molecule has 0 bridgehead atoms. The Morgan fingerprint density at radius 1 is 0.912 bits per heavy atom. The van der Waals surface area contributed by atoms with Gasteiger partial charge in [0.1, 0.15) is 15.5 Å². The van der Waals surface area contributed by atoms with Crippen molar-refractivity contribution in [2.45, 2.75) is 4.90 Å². The minimum atomic E-state index is -4.28. The highest BCUT2D eigenvalue weighted by Crippen LogP contribution is 2.39. The highest BCUT2D eigenvalue weighted by molar-refractivity contribution is 7.86. The Kier molecular flexibility index (Phi) is 7.16. The van der Waals surface area contributed by atoms with Crippen LogP contribution in [0.15, 0.2) is 77.7 Å². The summed E-state index contributed by atoms with van der Waals surface area (Å²) >= 11 is 5.39. The average Bonchev–Trinajstić information content (AvgIpc) is 2.80. The second-order valence-corrected chi connectivity index (χ2v) is 8.72. The molecule has 0 amide bonds. The second-order valence-electron chi connectivity index (χ2n) is 6.96. The molecule has 4 aromatic rings. The number of rotatable bonds is 4. The second kappa shape index (κ2) is 9.87. The molecule has 0 saturated carbocycles. The van der Waals surface area contributed by atoms with Gasteiger partial charge in [-0.1, -0.05) is 54.1 Å². The Balaban J connectivity index is 0.000000215. The van der Waals surface area contributed by atoms with Crippen LogP contribution in [0.3, 0.4) is 0 Å². The largest absolute Gasteiger partial charge is 0.505 e. The van der Waals surface area contributed by atoms with E-state index in [1.165, 1.54) is 6.07 Å².